The van der Waals surface area contributed by atoms with Crippen LogP contribution in [0.1, 0.15) is 75.1 Å². The minimum atomic E-state index is -0.423. The molecule has 4 aliphatic rings. The number of benzene rings is 1. The van der Waals surface area contributed by atoms with E-state index in [1.165, 1.54) is 71.6 Å². The molecule has 0 spiro atoms. The molecule has 2 heterocycles. The van der Waals surface area contributed by atoms with Gasteiger partial charge in [-0.25, -0.2) is 6.07 Å². The van der Waals surface area contributed by atoms with Gasteiger partial charge >= 0.3 is 0 Å². The SMILES string of the molecule is CC(C)(C)P(C[c-]1cc(-c2ccccc2)cc1C(P)(c1cccnc1)c1cccnc1)C1C2CC3CC(C2)CC1C3.[Fe].[cH-]1[cH-][cH-][cH-][cH-]1. The van der Waals surface area contributed by atoms with Crippen molar-refractivity contribution in [3.63, 3.8) is 0 Å². The van der Waals surface area contributed by atoms with Crippen molar-refractivity contribution in [1.82, 2.24) is 9.97 Å². The van der Waals surface area contributed by atoms with Crippen molar-refractivity contribution in [2.75, 3.05) is 0 Å². The average molecular weight is 699 g/mol. The summed E-state index contributed by atoms with van der Waals surface area (Å²) in [6.07, 6.45) is 16.5. The predicted molar refractivity (Wildman–Crippen MR) is 199 cm³/mol. The van der Waals surface area contributed by atoms with E-state index in [-0.39, 0.29) is 25.0 Å². The largest absolute Gasteiger partial charge is 0.748 e. The molecule has 250 valence electrons. The maximum absolute atomic E-state index is 4.59. The summed E-state index contributed by atoms with van der Waals surface area (Å²) in [5, 5.41) is -0.114. The second kappa shape index (κ2) is 14.6. The number of pyridine rings is 2. The Morgan fingerprint density at radius 3 is 1.74 bits per heavy atom. The van der Waals surface area contributed by atoms with Crippen LogP contribution in [0.3, 0.4) is 0 Å². The van der Waals surface area contributed by atoms with E-state index in [4.69, 9.17) is 0 Å². The average Bonchev–Trinajstić information content (AvgIpc) is 3.79. The van der Waals surface area contributed by atoms with Gasteiger partial charge in [0.05, 0.1) is 0 Å². The van der Waals surface area contributed by atoms with Gasteiger partial charge in [0.25, 0.3) is 0 Å². The van der Waals surface area contributed by atoms with E-state index >= 15 is 0 Å². The molecule has 2 nitrogen and oxygen atoms in total. The van der Waals surface area contributed by atoms with Gasteiger partial charge in [-0.1, -0.05) is 75.0 Å². The van der Waals surface area contributed by atoms with Crippen LogP contribution in [-0.2, 0) is 28.4 Å². The molecule has 5 aromatic rings. The summed E-state index contributed by atoms with van der Waals surface area (Å²) >= 11 is 0. The minimum absolute atomic E-state index is 0. The summed E-state index contributed by atoms with van der Waals surface area (Å²) in [5.41, 5.74) is 8.81. The van der Waals surface area contributed by atoms with Crippen LogP contribution in [0.25, 0.3) is 11.1 Å². The Bertz CT molecular complexity index is 1590. The fourth-order valence-electron chi connectivity index (χ4n) is 9.22. The van der Waals surface area contributed by atoms with Crippen molar-refractivity contribution in [1.29, 1.82) is 0 Å². The van der Waals surface area contributed by atoms with Gasteiger partial charge in [-0.3, -0.25) is 9.97 Å². The van der Waals surface area contributed by atoms with Gasteiger partial charge in [0.2, 0.25) is 0 Å². The monoisotopic (exact) mass is 698 g/mol. The second-order valence-electron chi connectivity index (χ2n) is 15.0. The van der Waals surface area contributed by atoms with Gasteiger partial charge in [0, 0.05) is 47.0 Å². The van der Waals surface area contributed by atoms with Gasteiger partial charge in [0.15, 0.2) is 0 Å². The molecule has 4 saturated carbocycles. The van der Waals surface area contributed by atoms with Crippen LogP contribution in [0.15, 0.2) is 122 Å². The van der Waals surface area contributed by atoms with E-state index in [0.29, 0.717) is 5.16 Å². The van der Waals surface area contributed by atoms with Gasteiger partial charge in [-0.05, 0) is 89.9 Å². The maximum atomic E-state index is 4.59. The Labute approximate surface area is 296 Å². The Kier molecular flexibility index (Phi) is 10.7. The Balaban J connectivity index is 0.000000591. The zero-order chi connectivity index (χ0) is 31.7. The van der Waals surface area contributed by atoms with E-state index in [9.17, 15) is 0 Å². The van der Waals surface area contributed by atoms with Crippen LogP contribution in [0.4, 0.5) is 0 Å². The first-order valence-corrected chi connectivity index (χ1v) is 19.4. The van der Waals surface area contributed by atoms with Crippen molar-refractivity contribution in [2.45, 2.75) is 75.0 Å². The summed E-state index contributed by atoms with van der Waals surface area (Å²) in [5.74, 6) is 3.92. The molecule has 5 heteroatoms. The summed E-state index contributed by atoms with van der Waals surface area (Å²) in [7, 11) is 3.05. The fraction of sp³-hybridized carbons (Fsp3) is 0.381. The van der Waals surface area contributed by atoms with Gasteiger partial charge in [-0.15, -0.1) is 28.3 Å². The Morgan fingerprint density at radius 1 is 0.745 bits per heavy atom. The van der Waals surface area contributed by atoms with Gasteiger partial charge < -0.3 is 30.3 Å². The van der Waals surface area contributed by atoms with Crippen molar-refractivity contribution >= 4 is 17.2 Å². The smallest absolute Gasteiger partial charge is 0.0397 e. The topological polar surface area (TPSA) is 25.8 Å². The molecular formula is C42H48FeN2P2-6. The summed E-state index contributed by atoms with van der Waals surface area (Å²) < 4.78 is 0. The van der Waals surface area contributed by atoms with Crippen LogP contribution in [0.2, 0.25) is 0 Å². The normalized spacial score (nSPS) is 23.8. The molecule has 9 rings (SSSR count). The number of hydrogen-bond donors (Lipinski definition) is 0. The van der Waals surface area contributed by atoms with Crippen molar-refractivity contribution < 1.29 is 17.1 Å². The van der Waals surface area contributed by atoms with E-state index in [2.05, 4.69) is 107 Å². The van der Waals surface area contributed by atoms with E-state index in [1.807, 2.05) is 55.1 Å². The zero-order valence-electron chi connectivity index (χ0n) is 27.9. The molecule has 47 heavy (non-hydrogen) atoms. The van der Waals surface area contributed by atoms with Crippen LogP contribution in [0.5, 0.6) is 0 Å². The molecule has 0 saturated heterocycles. The summed E-state index contributed by atoms with van der Waals surface area (Å²) in [6, 6.07) is 34.6. The molecule has 0 N–H and O–H groups in total. The number of nitrogens with zero attached hydrogens (tertiary/aromatic N) is 2. The Morgan fingerprint density at radius 2 is 1.28 bits per heavy atom. The van der Waals surface area contributed by atoms with Crippen LogP contribution >= 0.6 is 17.2 Å². The van der Waals surface area contributed by atoms with Gasteiger partial charge in [-0.2, -0.15) is 11.6 Å². The van der Waals surface area contributed by atoms with Crippen LogP contribution < -0.4 is 0 Å². The Hall–Kier alpha value is -2.40. The van der Waals surface area contributed by atoms with Crippen molar-refractivity contribution in [2.24, 2.45) is 23.7 Å². The zero-order valence-corrected chi connectivity index (χ0v) is 31.1. The van der Waals surface area contributed by atoms with Crippen LogP contribution in [0, 0.1) is 23.7 Å². The molecule has 4 aliphatic carbocycles. The predicted octanol–water partition coefficient (Wildman–Crippen LogP) is 11.0. The first-order valence-electron chi connectivity index (χ1n) is 17.2. The standard InChI is InChI=1S/C37H43N2P2.C5H5.Fe/c1-36(2,3)41(35-29-16-25-15-26(18-29)19-30(35)17-25)24-31-20-28(27-9-5-4-6-10-27)21-34(31)37(40,32-11-7-13-38-22-32)33-12-8-14-39-23-33;1-2-4-5-3-1;/h4-14,20-23,25-26,29-30,35H,15-19,24,40H2,1-3H3;1-5H;/q-1;-5;. The summed E-state index contributed by atoms with van der Waals surface area (Å²) in [4.78, 5) is 9.18. The van der Waals surface area contributed by atoms with E-state index in [1.54, 1.807) is 0 Å². The molecule has 0 amide bonds. The molecule has 2 aromatic heterocycles. The third-order valence-corrected chi connectivity index (χ3v) is 16.0. The third kappa shape index (κ3) is 7.17. The van der Waals surface area contributed by atoms with Gasteiger partial charge in [0.1, 0.15) is 0 Å². The molecule has 2 atom stereocenters. The fourth-order valence-corrected chi connectivity index (χ4v) is 13.5. The van der Waals surface area contributed by atoms with E-state index in [0.717, 1.165) is 29.3 Å². The quantitative estimate of drug-likeness (QED) is 0.0961. The molecule has 4 bridgehead atoms. The molecule has 0 aliphatic heterocycles. The van der Waals surface area contributed by atoms with E-state index < -0.39 is 5.16 Å². The molecule has 3 aromatic carbocycles. The minimum Gasteiger partial charge on any atom is -0.748 e. The molecular weight excluding hydrogens is 650 g/mol. The van der Waals surface area contributed by atoms with Crippen molar-refractivity contribution in [3.8, 4) is 11.1 Å². The molecule has 0 radical (unpaired) electrons. The maximum Gasteiger partial charge on any atom is 0.0397 e. The number of aromatic nitrogens is 2. The molecule has 4 fully saturated rings. The number of rotatable bonds is 7. The third-order valence-electron chi connectivity index (χ3n) is 11.0. The first-order chi connectivity index (χ1) is 22.3. The second-order valence-corrected chi connectivity index (χ2v) is 19.1. The van der Waals surface area contributed by atoms with Crippen molar-refractivity contribution in [3.05, 3.63) is 144 Å². The first kappa shape index (κ1) is 34.5. The number of hydrogen-bond acceptors (Lipinski definition) is 2. The molecule has 2 unspecified atom stereocenters. The summed E-state index contributed by atoms with van der Waals surface area (Å²) in [6.45, 7) is 7.63. The van der Waals surface area contributed by atoms with Crippen LogP contribution in [-0.4, -0.2) is 20.8 Å².